The zero-order chi connectivity index (χ0) is 9.10. The van der Waals surface area contributed by atoms with Gasteiger partial charge in [-0.1, -0.05) is 37.6 Å². The van der Waals surface area contributed by atoms with Crippen molar-refractivity contribution in [1.29, 1.82) is 0 Å². The average molecular weight is 175 g/mol. The van der Waals surface area contributed by atoms with Gasteiger partial charge in [0.1, 0.15) is 0 Å². The van der Waals surface area contributed by atoms with Crippen LogP contribution in [0.1, 0.15) is 30.4 Å². The van der Waals surface area contributed by atoms with E-state index in [2.05, 4.69) is 36.5 Å². The number of hydrogen-bond donors (Lipinski definition) is 1. The second kappa shape index (κ2) is 3.93. The molecule has 1 nitrogen and oxygen atoms in total. The quantitative estimate of drug-likeness (QED) is 0.743. The zero-order valence-electron chi connectivity index (χ0n) is 8.22. The van der Waals surface area contributed by atoms with Crippen LogP contribution < -0.4 is 5.32 Å². The summed E-state index contributed by atoms with van der Waals surface area (Å²) < 4.78 is 0. The van der Waals surface area contributed by atoms with E-state index >= 15 is 0 Å². The smallest absolute Gasteiger partial charge is 0.00886 e. The Labute approximate surface area is 80.2 Å². The summed E-state index contributed by atoms with van der Waals surface area (Å²) in [6, 6.07) is 9.05. The van der Waals surface area contributed by atoms with Crippen molar-refractivity contribution in [2.45, 2.75) is 25.7 Å². The van der Waals surface area contributed by atoms with Crippen molar-refractivity contribution in [1.82, 2.24) is 5.32 Å². The van der Waals surface area contributed by atoms with Crippen LogP contribution in [0.3, 0.4) is 0 Å². The fourth-order valence-corrected chi connectivity index (χ4v) is 1.82. The van der Waals surface area contributed by atoms with Crippen LogP contribution in [0, 0.1) is 0 Å². The van der Waals surface area contributed by atoms with Gasteiger partial charge in [-0.25, -0.2) is 0 Å². The van der Waals surface area contributed by atoms with Crippen LogP contribution in [0.15, 0.2) is 24.3 Å². The van der Waals surface area contributed by atoms with Crippen molar-refractivity contribution >= 4 is 0 Å². The molecule has 1 saturated heterocycles. The standard InChI is InChI=1S/C12H17N/c1-2-4-10-5-3-6-11(7-10)12-8-13-9-12/h3,5-7,12-13H,2,4,8-9H2,1H3. The molecular weight excluding hydrogens is 158 g/mol. The molecule has 1 aromatic rings. The topological polar surface area (TPSA) is 12.0 Å². The van der Waals surface area contributed by atoms with Crippen molar-refractivity contribution in [2.24, 2.45) is 0 Å². The SMILES string of the molecule is CCCc1cccc(C2CNC2)c1. The van der Waals surface area contributed by atoms with Crippen LogP contribution >= 0.6 is 0 Å². The third-order valence-electron chi connectivity index (χ3n) is 2.74. The maximum atomic E-state index is 3.31. The molecule has 0 amide bonds. The fourth-order valence-electron chi connectivity index (χ4n) is 1.82. The molecule has 1 aliphatic heterocycles. The molecule has 0 unspecified atom stereocenters. The van der Waals surface area contributed by atoms with Crippen molar-refractivity contribution < 1.29 is 0 Å². The first-order valence-corrected chi connectivity index (χ1v) is 5.19. The summed E-state index contributed by atoms with van der Waals surface area (Å²) in [5.74, 6) is 0.775. The van der Waals surface area contributed by atoms with Gasteiger partial charge in [0.25, 0.3) is 0 Å². The molecule has 1 heterocycles. The van der Waals surface area contributed by atoms with Gasteiger partial charge in [-0.3, -0.25) is 0 Å². The maximum Gasteiger partial charge on any atom is 0.00886 e. The molecule has 1 aliphatic rings. The monoisotopic (exact) mass is 175 g/mol. The van der Waals surface area contributed by atoms with Crippen LogP contribution in [0.5, 0.6) is 0 Å². The Morgan fingerprint density at radius 1 is 1.38 bits per heavy atom. The highest BCUT2D eigenvalue weighted by Crippen LogP contribution is 2.20. The number of benzene rings is 1. The van der Waals surface area contributed by atoms with Gasteiger partial charge in [0.05, 0.1) is 0 Å². The van der Waals surface area contributed by atoms with Gasteiger partial charge >= 0.3 is 0 Å². The first-order chi connectivity index (χ1) is 6.40. The summed E-state index contributed by atoms with van der Waals surface area (Å²) in [4.78, 5) is 0. The van der Waals surface area contributed by atoms with E-state index in [0.717, 1.165) is 19.0 Å². The lowest BCUT2D eigenvalue weighted by Gasteiger charge is -2.27. The van der Waals surface area contributed by atoms with Crippen molar-refractivity contribution in [3.05, 3.63) is 35.4 Å². The largest absolute Gasteiger partial charge is 0.315 e. The Morgan fingerprint density at radius 2 is 2.23 bits per heavy atom. The highest BCUT2D eigenvalue weighted by Gasteiger charge is 2.18. The molecule has 70 valence electrons. The third kappa shape index (κ3) is 1.92. The van der Waals surface area contributed by atoms with E-state index in [1.807, 2.05) is 0 Å². The van der Waals surface area contributed by atoms with E-state index < -0.39 is 0 Å². The second-order valence-corrected chi connectivity index (χ2v) is 3.85. The van der Waals surface area contributed by atoms with Gasteiger partial charge in [-0.2, -0.15) is 0 Å². The number of nitrogens with one attached hydrogen (secondary N) is 1. The molecular formula is C12H17N. The van der Waals surface area contributed by atoms with E-state index in [0.29, 0.717) is 0 Å². The van der Waals surface area contributed by atoms with Crippen LogP contribution in [0.2, 0.25) is 0 Å². The Balaban J connectivity index is 2.11. The lowest BCUT2D eigenvalue weighted by Crippen LogP contribution is -2.39. The highest BCUT2D eigenvalue weighted by atomic mass is 14.9. The maximum absolute atomic E-state index is 3.31. The number of rotatable bonds is 3. The van der Waals surface area contributed by atoms with Gasteiger partial charge in [0, 0.05) is 19.0 Å². The summed E-state index contributed by atoms with van der Waals surface area (Å²) >= 11 is 0. The molecule has 1 aromatic carbocycles. The van der Waals surface area contributed by atoms with Gasteiger partial charge < -0.3 is 5.32 Å². The lowest BCUT2D eigenvalue weighted by molar-refractivity contribution is 0.448. The summed E-state index contributed by atoms with van der Waals surface area (Å²) in [6.45, 7) is 4.56. The van der Waals surface area contributed by atoms with Gasteiger partial charge in [-0.05, 0) is 17.5 Å². The molecule has 0 aliphatic carbocycles. The minimum absolute atomic E-state index is 0.775. The van der Waals surface area contributed by atoms with Gasteiger partial charge in [0.15, 0.2) is 0 Å². The molecule has 0 spiro atoms. The van der Waals surface area contributed by atoms with Crippen molar-refractivity contribution in [3.8, 4) is 0 Å². The molecule has 2 rings (SSSR count). The van der Waals surface area contributed by atoms with Gasteiger partial charge in [-0.15, -0.1) is 0 Å². The average Bonchev–Trinajstić information content (AvgIpc) is 2.02. The molecule has 1 heteroatoms. The Bertz CT molecular complexity index is 276. The Hall–Kier alpha value is -0.820. The molecule has 1 fully saturated rings. The summed E-state index contributed by atoms with van der Waals surface area (Å²) in [5, 5.41) is 3.31. The molecule has 13 heavy (non-hydrogen) atoms. The molecule has 0 radical (unpaired) electrons. The van der Waals surface area contributed by atoms with Gasteiger partial charge in [0.2, 0.25) is 0 Å². The summed E-state index contributed by atoms with van der Waals surface area (Å²) in [6.07, 6.45) is 2.46. The normalized spacial score (nSPS) is 17.0. The first kappa shape index (κ1) is 8.76. The van der Waals surface area contributed by atoms with Crippen LogP contribution in [-0.2, 0) is 6.42 Å². The predicted octanol–water partition coefficient (Wildman–Crippen LogP) is 2.33. The van der Waals surface area contributed by atoms with E-state index in [1.165, 1.54) is 24.0 Å². The van der Waals surface area contributed by atoms with E-state index in [1.54, 1.807) is 0 Å². The molecule has 0 aromatic heterocycles. The van der Waals surface area contributed by atoms with Crippen LogP contribution in [0.4, 0.5) is 0 Å². The number of aryl methyl sites for hydroxylation is 1. The molecule has 0 saturated carbocycles. The minimum Gasteiger partial charge on any atom is -0.315 e. The molecule has 1 N–H and O–H groups in total. The summed E-state index contributed by atoms with van der Waals surface area (Å²) in [5.41, 5.74) is 3.01. The third-order valence-corrected chi connectivity index (χ3v) is 2.74. The van der Waals surface area contributed by atoms with Crippen molar-refractivity contribution in [2.75, 3.05) is 13.1 Å². The minimum atomic E-state index is 0.775. The van der Waals surface area contributed by atoms with Crippen molar-refractivity contribution in [3.63, 3.8) is 0 Å². The fraction of sp³-hybridized carbons (Fsp3) is 0.500. The summed E-state index contributed by atoms with van der Waals surface area (Å²) in [7, 11) is 0. The predicted molar refractivity (Wildman–Crippen MR) is 56.0 cm³/mol. The van der Waals surface area contributed by atoms with Crippen LogP contribution in [-0.4, -0.2) is 13.1 Å². The first-order valence-electron chi connectivity index (χ1n) is 5.19. The Morgan fingerprint density at radius 3 is 2.85 bits per heavy atom. The Kier molecular flexibility index (Phi) is 2.65. The van der Waals surface area contributed by atoms with E-state index in [4.69, 9.17) is 0 Å². The second-order valence-electron chi connectivity index (χ2n) is 3.85. The zero-order valence-corrected chi connectivity index (χ0v) is 8.22. The lowest BCUT2D eigenvalue weighted by atomic mass is 9.92. The molecule has 0 atom stereocenters. The van der Waals surface area contributed by atoms with Crippen LogP contribution in [0.25, 0.3) is 0 Å². The molecule has 0 bridgehead atoms. The number of hydrogen-bond acceptors (Lipinski definition) is 1. The van der Waals surface area contributed by atoms with E-state index in [-0.39, 0.29) is 0 Å². The highest BCUT2D eigenvalue weighted by molar-refractivity contribution is 5.28. The van der Waals surface area contributed by atoms with E-state index in [9.17, 15) is 0 Å².